The summed E-state index contributed by atoms with van der Waals surface area (Å²) in [4.78, 5) is 24.4. The molecule has 0 unspecified atom stereocenters. The smallest absolute Gasteiger partial charge is 0.306 e. The van der Waals surface area contributed by atoms with Crippen molar-refractivity contribution in [2.75, 3.05) is 6.61 Å². The predicted octanol–water partition coefficient (Wildman–Crippen LogP) is 3.19. The lowest BCUT2D eigenvalue weighted by Gasteiger charge is -2.56. The molecule has 4 aliphatic rings. The topological polar surface area (TPSA) is 79.2 Å². The standard InChI is InChI=1S/C20H30N2O3/c1-13(2)19(3,12-21)22-17(23)11-25-18(24)10-20-7-14-4-15(8-20)6-16(5-14)9-20/h13-16H,4-11H2,1-3H3,(H,22,23)/t14?,15?,16?,19-,20?/m0/s1. The normalized spacial score (nSPS) is 35.1. The number of esters is 1. The summed E-state index contributed by atoms with van der Waals surface area (Å²) < 4.78 is 5.25. The second kappa shape index (κ2) is 6.63. The number of amides is 1. The Morgan fingerprint density at radius 1 is 1.20 bits per heavy atom. The predicted molar refractivity (Wildman–Crippen MR) is 93.2 cm³/mol. The molecule has 0 saturated heterocycles. The molecule has 0 aromatic carbocycles. The average molecular weight is 346 g/mol. The van der Waals surface area contributed by atoms with Crippen molar-refractivity contribution in [3.63, 3.8) is 0 Å². The van der Waals surface area contributed by atoms with E-state index in [1.54, 1.807) is 6.92 Å². The van der Waals surface area contributed by atoms with Gasteiger partial charge in [-0.1, -0.05) is 13.8 Å². The first-order valence-electron chi connectivity index (χ1n) is 9.61. The lowest BCUT2D eigenvalue weighted by molar-refractivity contribution is -0.155. The van der Waals surface area contributed by atoms with Crippen LogP contribution in [0.1, 0.15) is 65.7 Å². The highest BCUT2D eigenvalue weighted by atomic mass is 16.5. The first-order chi connectivity index (χ1) is 11.7. The first kappa shape index (κ1) is 18.2. The minimum atomic E-state index is -0.941. The highest BCUT2D eigenvalue weighted by Crippen LogP contribution is 2.61. The molecule has 0 aliphatic heterocycles. The number of nitrogens with one attached hydrogen (secondary N) is 1. The lowest BCUT2D eigenvalue weighted by Crippen LogP contribution is -2.50. The number of nitrogens with zero attached hydrogens (tertiary/aromatic N) is 1. The van der Waals surface area contributed by atoms with Crippen molar-refractivity contribution in [1.29, 1.82) is 5.26 Å². The van der Waals surface area contributed by atoms with E-state index >= 15 is 0 Å². The van der Waals surface area contributed by atoms with Crippen LogP contribution in [-0.4, -0.2) is 24.0 Å². The number of rotatable bonds is 6. The number of carbonyl (C=O) groups excluding carboxylic acids is 2. The van der Waals surface area contributed by atoms with Gasteiger partial charge in [-0.05, 0) is 74.5 Å². The Kier molecular flexibility index (Phi) is 4.83. The van der Waals surface area contributed by atoms with Crippen molar-refractivity contribution in [2.45, 2.75) is 71.3 Å². The Morgan fingerprint density at radius 2 is 1.72 bits per heavy atom. The molecule has 0 aromatic rings. The number of ether oxygens (including phenoxy) is 1. The maximum atomic E-state index is 12.3. The van der Waals surface area contributed by atoms with Gasteiger partial charge in [0.05, 0.1) is 12.5 Å². The Hall–Kier alpha value is -1.57. The molecule has 5 nitrogen and oxygen atoms in total. The molecule has 4 fully saturated rings. The van der Waals surface area contributed by atoms with Gasteiger partial charge in [0.25, 0.3) is 5.91 Å². The Morgan fingerprint density at radius 3 is 2.16 bits per heavy atom. The number of hydrogen-bond donors (Lipinski definition) is 1. The maximum absolute atomic E-state index is 12.3. The van der Waals surface area contributed by atoms with E-state index in [4.69, 9.17) is 4.74 Å². The van der Waals surface area contributed by atoms with E-state index in [1.807, 2.05) is 13.8 Å². The van der Waals surface area contributed by atoms with Gasteiger partial charge >= 0.3 is 5.97 Å². The lowest BCUT2D eigenvalue weighted by atomic mass is 9.49. The molecule has 138 valence electrons. The molecule has 0 aromatic heterocycles. The third kappa shape index (κ3) is 3.83. The molecular formula is C20H30N2O3. The van der Waals surface area contributed by atoms with Crippen LogP contribution in [0.15, 0.2) is 0 Å². The molecule has 5 heteroatoms. The monoisotopic (exact) mass is 346 g/mol. The zero-order valence-electron chi connectivity index (χ0n) is 15.6. The molecule has 0 spiro atoms. The van der Waals surface area contributed by atoms with Gasteiger partial charge in [0.2, 0.25) is 0 Å². The van der Waals surface area contributed by atoms with E-state index in [2.05, 4.69) is 11.4 Å². The molecule has 1 amide bonds. The van der Waals surface area contributed by atoms with Crippen LogP contribution in [0.25, 0.3) is 0 Å². The fourth-order valence-corrected chi connectivity index (χ4v) is 5.64. The molecule has 4 rings (SSSR count). The van der Waals surface area contributed by atoms with Crippen LogP contribution in [0.2, 0.25) is 0 Å². The number of hydrogen-bond acceptors (Lipinski definition) is 4. The van der Waals surface area contributed by atoms with E-state index in [0.29, 0.717) is 6.42 Å². The van der Waals surface area contributed by atoms with E-state index in [1.165, 1.54) is 19.3 Å². The molecule has 1 N–H and O–H groups in total. The van der Waals surface area contributed by atoms with Crippen LogP contribution < -0.4 is 5.32 Å². The van der Waals surface area contributed by atoms with E-state index in [0.717, 1.165) is 37.0 Å². The molecule has 1 atom stereocenters. The first-order valence-corrected chi connectivity index (χ1v) is 9.61. The number of nitriles is 1. The molecule has 0 radical (unpaired) electrons. The summed E-state index contributed by atoms with van der Waals surface area (Å²) in [7, 11) is 0. The molecule has 4 aliphatic carbocycles. The largest absolute Gasteiger partial charge is 0.456 e. The maximum Gasteiger partial charge on any atom is 0.306 e. The van der Waals surface area contributed by atoms with Crippen LogP contribution in [0.3, 0.4) is 0 Å². The summed E-state index contributed by atoms with van der Waals surface area (Å²) in [5.41, 5.74) is -0.815. The third-order valence-electron chi connectivity index (χ3n) is 6.83. The molecular weight excluding hydrogens is 316 g/mol. The summed E-state index contributed by atoms with van der Waals surface area (Å²) in [6, 6.07) is 2.13. The minimum Gasteiger partial charge on any atom is -0.456 e. The van der Waals surface area contributed by atoms with Crippen LogP contribution in [0, 0.1) is 40.4 Å². The van der Waals surface area contributed by atoms with Gasteiger partial charge in [-0.15, -0.1) is 0 Å². The Bertz CT molecular complexity index is 557. The zero-order valence-corrected chi connectivity index (χ0v) is 15.6. The van der Waals surface area contributed by atoms with Crippen molar-refractivity contribution in [3.8, 4) is 6.07 Å². The summed E-state index contributed by atoms with van der Waals surface area (Å²) in [6.45, 7) is 5.15. The average Bonchev–Trinajstić information content (AvgIpc) is 2.50. The Balaban J connectivity index is 1.49. The molecule has 4 bridgehead atoms. The van der Waals surface area contributed by atoms with E-state index in [9.17, 15) is 14.9 Å². The van der Waals surface area contributed by atoms with Gasteiger partial charge in [-0.2, -0.15) is 5.26 Å². The van der Waals surface area contributed by atoms with Gasteiger partial charge in [-0.3, -0.25) is 9.59 Å². The number of carbonyl (C=O) groups is 2. The quantitative estimate of drug-likeness (QED) is 0.749. The van der Waals surface area contributed by atoms with Gasteiger partial charge < -0.3 is 10.1 Å². The summed E-state index contributed by atoms with van der Waals surface area (Å²) in [6.07, 6.45) is 7.94. The van der Waals surface area contributed by atoms with Crippen molar-refractivity contribution < 1.29 is 14.3 Å². The fourth-order valence-electron chi connectivity index (χ4n) is 5.64. The Labute approximate surface area is 150 Å². The van der Waals surface area contributed by atoms with Gasteiger partial charge in [0, 0.05) is 0 Å². The van der Waals surface area contributed by atoms with Gasteiger partial charge in [0.15, 0.2) is 6.61 Å². The van der Waals surface area contributed by atoms with Crippen LogP contribution >= 0.6 is 0 Å². The highest BCUT2D eigenvalue weighted by molar-refractivity contribution is 5.81. The SMILES string of the molecule is CC(C)[C@](C)(C#N)NC(=O)COC(=O)CC12CC3CC(CC(C3)C1)C2. The molecule has 0 heterocycles. The fraction of sp³-hybridized carbons (Fsp3) is 0.850. The van der Waals surface area contributed by atoms with Crippen molar-refractivity contribution in [3.05, 3.63) is 0 Å². The van der Waals surface area contributed by atoms with Gasteiger partial charge in [0.1, 0.15) is 5.54 Å². The molecule has 4 saturated carbocycles. The summed E-state index contributed by atoms with van der Waals surface area (Å²) >= 11 is 0. The van der Waals surface area contributed by atoms with Crippen molar-refractivity contribution in [2.24, 2.45) is 29.1 Å². The highest BCUT2D eigenvalue weighted by Gasteiger charge is 2.51. The van der Waals surface area contributed by atoms with Crippen LogP contribution in [-0.2, 0) is 14.3 Å². The van der Waals surface area contributed by atoms with Crippen LogP contribution in [0.4, 0.5) is 0 Å². The second-order valence-electron chi connectivity index (χ2n) is 9.27. The van der Waals surface area contributed by atoms with Crippen LogP contribution in [0.5, 0.6) is 0 Å². The summed E-state index contributed by atoms with van der Waals surface area (Å²) in [5.74, 6) is 1.69. The van der Waals surface area contributed by atoms with Gasteiger partial charge in [-0.25, -0.2) is 0 Å². The molecule has 25 heavy (non-hydrogen) atoms. The second-order valence-corrected chi connectivity index (χ2v) is 9.27. The van der Waals surface area contributed by atoms with E-state index < -0.39 is 11.4 Å². The minimum absolute atomic E-state index is 0.0239. The summed E-state index contributed by atoms with van der Waals surface area (Å²) in [5, 5.41) is 11.9. The zero-order chi connectivity index (χ0) is 18.2. The van der Waals surface area contributed by atoms with Crippen molar-refractivity contribution in [1.82, 2.24) is 5.32 Å². The van der Waals surface area contributed by atoms with E-state index in [-0.39, 0.29) is 23.9 Å². The third-order valence-corrected chi connectivity index (χ3v) is 6.83. The van der Waals surface area contributed by atoms with Crippen molar-refractivity contribution >= 4 is 11.9 Å².